The van der Waals surface area contributed by atoms with Crippen LogP contribution in [0.5, 0.6) is 0 Å². The van der Waals surface area contributed by atoms with E-state index < -0.39 is 0 Å². The maximum atomic E-state index is 5.53. The Morgan fingerprint density at radius 3 is 2.64 bits per heavy atom. The standard InChI is InChI=1S/C8H17NO2/c1-9-7-3-4-8(7)11-6-5-10-2/h7-9H,3-6H2,1-2H3/t7-,8-/m1/s1. The van der Waals surface area contributed by atoms with Gasteiger partial charge in [0.05, 0.1) is 19.3 Å². The summed E-state index contributed by atoms with van der Waals surface area (Å²) in [5.74, 6) is 0. The average Bonchev–Trinajstić information content (AvgIpc) is 1.97. The van der Waals surface area contributed by atoms with Crippen LogP contribution < -0.4 is 5.32 Å². The molecular weight excluding hydrogens is 142 g/mol. The molecule has 3 nitrogen and oxygen atoms in total. The third kappa shape index (κ3) is 2.43. The van der Waals surface area contributed by atoms with Crippen LogP contribution in [-0.4, -0.2) is 39.5 Å². The van der Waals surface area contributed by atoms with Gasteiger partial charge in [0.25, 0.3) is 0 Å². The molecule has 0 heterocycles. The Morgan fingerprint density at radius 1 is 1.36 bits per heavy atom. The van der Waals surface area contributed by atoms with E-state index in [-0.39, 0.29) is 0 Å². The fraction of sp³-hybridized carbons (Fsp3) is 1.00. The Balaban J connectivity index is 1.98. The van der Waals surface area contributed by atoms with Crippen molar-refractivity contribution in [1.82, 2.24) is 5.32 Å². The van der Waals surface area contributed by atoms with Gasteiger partial charge in [-0.15, -0.1) is 0 Å². The van der Waals surface area contributed by atoms with Gasteiger partial charge >= 0.3 is 0 Å². The summed E-state index contributed by atoms with van der Waals surface area (Å²) in [7, 11) is 3.68. The third-order valence-electron chi connectivity index (χ3n) is 2.20. The Morgan fingerprint density at radius 2 is 2.18 bits per heavy atom. The molecule has 0 aromatic heterocycles. The lowest BCUT2D eigenvalue weighted by Crippen LogP contribution is -2.48. The van der Waals surface area contributed by atoms with Crippen LogP contribution in [-0.2, 0) is 9.47 Å². The van der Waals surface area contributed by atoms with E-state index in [0.29, 0.717) is 18.8 Å². The van der Waals surface area contributed by atoms with Crippen LogP contribution in [0.2, 0.25) is 0 Å². The molecule has 1 fully saturated rings. The van der Waals surface area contributed by atoms with Crippen molar-refractivity contribution >= 4 is 0 Å². The van der Waals surface area contributed by atoms with Gasteiger partial charge in [-0.2, -0.15) is 0 Å². The average molecular weight is 159 g/mol. The van der Waals surface area contributed by atoms with E-state index in [9.17, 15) is 0 Å². The Kier molecular flexibility index (Phi) is 3.83. The number of nitrogens with one attached hydrogen (secondary N) is 1. The molecule has 0 unspecified atom stereocenters. The van der Waals surface area contributed by atoms with Gasteiger partial charge in [-0.1, -0.05) is 0 Å². The minimum atomic E-state index is 0.426. The molecule has 66 valence electrons. The number of rotatable bonds is 5. The monoisotopic (exact) mass is 159 g/mol. The highest BCUT2D eigenvalue weighted by Crippen LogP contribution is 2.22. The predicted molar refractivity (Wildman–Crippen MR) is 43.7 cm³/mol. The van der Waals surface area contributed by atoms with Crippen LogP contribution in [0, 0.1) is 0 Å². The fourth-order valence-electron chi connectivity index (χ4n) is 1.28. The number of hydrogen-bond acceptors (Lipinski definition) is 3. The largest absolute Gasteiger partial charge is 0.382 e. The topological polar surface area (TPSA) is 30.5 Å². The maximum absolute atomic E-state index is 5.53. The van der Waals surface area contributed by atoms with Crippen molar-refractivity contribution in [2.45, 2.75) is 25.0 Å². The third-order valence-corrected chi connectivity index (χ3v) is 2.20. The van der Waals surface area contributed by atoms with E-state index in [1.807, 2.05) is 7.05 Å². The lowest BCUT2D eigenvalue weighted by atomic mass is 9.89. The maximum Gasteiger partial charge on any atom is 0.0729 e. The molecule has 0 saturated heterocycles. The summed E-state index contributed by atoms with van der Waals surface area (Å²) in [5, 5.41) is 3.21. The molecule has 0 aliphatic heterocycles. The molecular formula is C8H17NO2. The highest BCUT2D eigenvalue weighted by molar-refractivity contribution is 4.86. The number of hydrogen-bond donors (Lipinski definition) is 1. The lowest BCUT2D eigenvalue weighted by Gasteiger charge is -2.35. The Bertz CT molecular complexity index is 106. The summed E-state index contributed by atoms with van der Waals surface area (Å²) < 4.78 is 10.4. The van der Waals surface area contributed by atoms with Crippen molar-refractivity contribution in [2.75, 3.05) is 27.4 Å². The van der Waals surface area contributed by atoms with Crippen molar-refractivity contribution in [3.05, 3.63) is 0 Å². The van der Waals surface area contributed by atoms with E-state index in [4.69, 9.17) is 9.47 Å². The summed E-state index contributed by atoms with van der Waals surface area (Å²) in [5.41, 5.74) is 0. The van der Waals surface area contributed by atoms with Crippen molar-refractivity contribution in [3.8, 4) is 0 Å². The summed E-state index contributed by atoms with van der Waals surface area (Å²) in [4.78, 5) is 0. The quantitative estimate of drug-likeness (QED) is 0.589. The highest BCUT2D eigenvalue weighted by atomic mass is 16.5. The molecule has 0 bridgehead atoms. The molecule has 0 amide bonds. The zero-order chi connectivity index (χ0) is 8.10. The predicted octanol–water partition coefficient (Wildman–Crippen LogP) is 0.400. The van der Waals surface area contributed by atoms with Crippen molar-refractivity contribution < 1.29 is 9.47 Å². The zero-order valence-corrected chi connectivity index (χ0v) is 7.30. The van der Waals surface area contributed by atoms with Gasteiger partial charge in [-0.05, 0) is 19.9 Å². The van der Waals surface area contributed by atoms with E-state index in [1.54, 1.807) is 7.11 Å². The van der Waals surface area contributed by atoms with Crippen LogP contribution >= 0.6 is 0 Å². The first-order chi connectivity index (χ1) is 5.38. The molecule has 11 heavy (non-hydrogen) atoms. The first-order valence-corrected chi connectivity index (χ1v) is 4.16. The van der Waals surface area contributed by atoms with Gasteiger partial charge in [0.2, 0.25) is 0 Å². The summed E-state index contributed by atoms with van der Waals surface area (Å²) in [6.07, 6.45) is 2.86. The van der Waals surface area contributed by atoms with Crippen LogP contribution in [0.3, 0.4) is 0 Å². The highest BCUT2D eigenvalue weighted by Gasteiger charge is 2.29. The number of methoxy groups -OCH3 is 1. The first kappa shape index (κ1) is 8.97. The molecule has 1 aliphatic rings. The van der Waals surface area contributed by atoms with E-state index in [2.05, 4.69) is 5.32 Å². The summed E-state index contributed by atoms with van der Waals surface area (Å²) in [6.45, 7) is 1.42. The lowest BCUT2D eigenvalue weighted by molar-refractivity contribution is -0.0418. The first-order valence-electron chi connectivity index (χ1n) is 4.16. The molecule has 1 N–H and O–H groups in total. The molecule has 1 rings (SSSR count). The van der Waals surface area contributed by atoms with Gasteiger partial charge in [0.15, 0.2) is 0 Å². The molecule has 3 heteroatoms. The molecule has 0 spiro atoms. The van der Waals surface area contributed by atoms with E-state index >= 15 is 0 Å². The molecule has 0 radical (unpaired) electrons. The van der Waals surface area contributed by atoms with Crippen LogP contribution in [0.4, 0.5) is 0 Å². The second kappa shape index (κ2) is 4.70. The Labute approximate surface area is 68.1 Å². The van der Waals surface area contributed by atoms with E-state index in [0.717, 1.165) is 6.61 Å². The number of ether oxygens (including phenoxy) is 2. The van der Waals surface area contributed by atoms with Crippen molar-refractivity contribution in [1.29, 1.82) is 0 Å². The van der Waals surface area contributed by atoms with Gasteiger partial charge < -0.3 is 14.8 Å². The Hall–Kier alpha value is -0.120. The van der Waals surface area contributed by atoms with Gasteiger partial charge in [-0.25, -0.2) is 0 Å². The van der Waals surface area contributed by atoms with Crippen LogP contribution in [0.15, 0.2) is 0 Å². The molecule has 0 aromatic carbocycles. The molecule has 1 saturated carbocycles. The normalized spacial score (nSPS) is 30.0. The smallest absolute Gasteiger partial charge is 0.0729 e. The van der Waals surface area contributed by atoms with Crippen molar-refractivity contribution in [2.24, 2.45) is 0 Å². The van der Waals surface area contributed by atoms with Crippen molar-refractivity contribution in [3.63, 3.8) is 0 Å². The number of likely N-dealkylation sites (N-methyl/N-ethyl adjacent to an activating group) is 1. The van der Waals surface area contributed by atoms with Crippen LogP contribution in [0.25, 0.3) is 0 Å². The molecule has 1 aliphatic carbocycles. The summed E-state index contributed by atoms with van der Waals surface area (Å²) in [6, 6.07) is 0.576. The van der Waals surface area contributed by atoms with Gasteiger partial charge in [-0.3, -0.25) is 0 Å². The fourth-order valence-corrected chi connectivity index (χ4v) is 1.28. The minimum absolute atomic E-state index is 0.426. The second-order valence-electron chi connectivity index (χ2n) is 2.87. The summed E-state index contributed by atoms with van der Waals surface area (Å²) >= 11 is 0. The second-order valence-corrected chi connectivity index (χ2v) is 2.87. The van der Waals surface area contributed by atoms with Crippen LogP contribution in [0.1, 0.15) is 12.8 Å². The molecule has 2 atom stereocenters. The molecule has 0 aromatic rings. The van der Waals surface area contributed by atoms with E-state index in [1.165, 1.54) is 12.8 Å². The minimum Gasteiger partial charge on any atom is -0.382 e. The van der Waals surface area contributed by atoms with Gasteiger partial charge in [0.1, 0.15) is 0 Å². The zero-order valence-electron chi connectivity index (χ0n) is 7.30. The van der Waals surface area contributed by atoms with Gasteiger partial charge in [0, 0.05) is 13.2 Å². The SMILES string of the molecule is CN[C@@H]1CC[C@H]1OCCOC.